The molecular formula is C27H42ClN3. The van der Waals surface area contributed by atoms with Crippen LogP contribution in [0.2, 0.25) is 5.02 Å². The lowest BCUT2D eigenvalue weighted by Crippen LogP contribution is -2.41. The van der Waals surface area contributed by atoms with E-state index in [1.165, 1.54) is 35.3 Å². The van der Waals surface area contributed by atoms with Crippen molar-refractivity contribution < 1.29 is 0 Å². The van der Waals surface area contributed by atoms with Crippen LogP contribution in [0.4, 0.5) is 0 Å². The van der Waals surface area contributed by atoms with Gasteiger partial charge in [0.15, 0.2) is 0 Å². The lowest BCUT2D eigenvalue weighted by Gasteiger charge is -2.33. The number of unbranched alkanes of at least 4 members (excludes halogenated alkanes) is 1. The van der Waals surface area contributed by atoms with Gasteiger partial charge < -0.3 is 9.80 Å². The van der Waals surface area contributed by atoms with Crippen molar-refractivity contribution in [3.63, 3.8) is 0 Å². The molecule has 2 heterocycles. The highest BCUT2D eigenvalue weighted by Gasteiger charge is 2.22. The molecule has 0 aromatic heterocycles. The highest BCUT2D eigenvalue weighted by Crippen LogP contribution is 2.34. The van der Waals surface area contributed by atoms with Gasteiger partial charge in [-0.15, -0.1) is 0 Å². The molecule has 0 fully saturated rings. The van der Waals surface area contributed by atoms with E-state index in [9.17, 15) is 0 Å². The van der Waals surface area contributed by atoms with Gasteiger partial charge in [-0.25, -0.2) is 0 Å². The zero-order chi connectivity index (χ0) is 23.4. The van der Waals surface area contributed by atoms with Gasteiger partial charge in [0, 0.05) is 37.4 Å². The van der Waals surface area contributed by atoms with Crippen LogP contribution in [-0.4, -0.2) is 43.2 Å². The molecule has 2 aliphatic heterocycles. The summed E-state index contributed by atoms with van der Waals surface area (Å²) in [5.41, 5.74) is 6.27. The van der Waals surface area contributed by atoms with E-state index in [4.69, 9.17) is 11.6 Å². The third-order valence-electron chi connectivity index (χ3n) is 5.07. The lowest BCUT2D eigenvalue weighted by atomic mass is 9.92. The van der Waals surface area contributed by atoms with Crippen molar-refractivity contribution in [2.75, 3.05) is 27.2 Å². The van der Waals surface area contributed by atoms with Gasteiger partial charge >= 0.3 is 0 Å². The Morgan fingerprint density at radius 2 is 1.84 bits per heavy atom. The maximum atomic E-state index is 6.29. The maximum absolute atomic E-state index is 6.29. The predicted molar refractivity (Wildman–Crippen MR) is 139 cm³/mol. The summed E-state index contributed by atoms with van der Waals surface area (Å²) >= 11 is 6.29. The average Bonchev–Trinajstić information content (AvgIpc) is 2.77. The molecule has 1 unspecified atom stereocenters. The highest BCUT2D eigenvalue weighted by atomic mass is 35.5. The molecular weight excluding hydrogens is 402 g/mol. The molecule has 0 spiro atoms. The van der Waals surface area contributed by atoms with Gasteiger partial charge in [0.2, 0.25) is 0 Å². The summed E-state index contributed by atoms with van der Waals surface area (Å²) in [6, 6.07) is 8.15. The van der Waals surface area contributed by atoms with E-state index in [-0.39, 0.29) is 6.17 Å². The zero-order valence-electron chi connectivity index (χ0n) is 20.8. The normalized spacial score (nSPS) is 17.9. The third-order valence-corrected chi connectivity index (χ3v) is 5.31. The molecule has 1 N–H and O–H groups in total. The van der Waals surface area contributed by atoms with Crippen molar-refractivity contribution >= 4 is 17.3 Å². The topological polar surface area (TPSA) is 18.5 Å². The molecule has 3 rings (SSSR count). The van der Waals surface area contributed by atoms with Crippen LogP contribution in [0.3, 0.4) is 0 Å². The van der Waals surface area contributed by atoms with Crippen molar-refractivity contribution in [2.45, 2.75) is 60.5 Å². The number of hydrogen-bond donors (Lipinski definition) is 1. The van der Waals surface area contributed by atoms with Crippen LogP contribution in [0.25, 0.3) is 5.70 Å². The first-order valence-electron chi connectivity index (χ1n) is 11.7. The molecule has 1 aromatic rings. The molecule has 2 aliphatic rings. The van der Waals surface area contributed by atoms with Gasteiger partial charge in [0.25, 0.3) is 0 Å². The van der Waals surface area contributed by atoms with Crippen molar-refractivity contribution in [3.05, 3.63) is 76.0 Å². The van der Waals surface area contributed by atoms with E-state index < -0.39 is 0 Å². The molecule has 0 saturated heterocycles. The minimum absolute atomic E-state index is 0.214. The number of nitrogens with one attached hydrogen (secondary N) is 1. The first-order valence-corrected chi connectivity index (χ1v) is 12.1. The lowest BCUT2D eigenvalue weighted by molar-refractivity contribution is 0.321. The van der Waals surface area contributed by atoms with Crippen LogP contribution in [-0.2, 0) is 0 Å². The smallest absolute Gasteiger partial charge is 0.0987 e. The van der Waals surface area contributed by atoms with E-state index in [2.05, 4.69) is 79.6 Å². The van der Waals surface area contributed by atoms with Crippen molar-refractivity contribution in [1.82, 2.24) is 15.1 Å². The summed E-state index contributed by atoms with van der Waals surface area (Å²) in [4.78, 5) is 4.55. The van der Waals surface area contributed by atoms with E-state index in [0.717, 1.165) is 23.7 Å². The summed E-state index contributed by atoms with van der Waals surface area (Å²) < 4.78 is 0. The van der Waals surface area contributed by atoms with Gasteiger partial charge in [-0.3, -0.25) is 5.32 Å². The second kappa shape index (κ2) is 14.2. The Hall–Kier alpha value is -1.97. The molecule has 1 atom stereocenters. The number of halogens is 1. The van der Waals surface area contributed by atoms with Gasteiger partial charge in [0.1, 0.15) is 0 Å². The Balaban J connectivity index is 0.00000113. The summed E-state index contributed by atoms with van der Waals surface area (Å²) in [6.45, 7) is 14.4. The largest absolute Gasteiger partial charge is 0.370 e. The van der Waals surface area contributed by atoms with E-state index in [1.807, 2.05) is 39.8 Å². The monoisotopic (exact) mass is 443 g/mol. The standard InChI is InChI=1S/C23H30ClN3.2C2H6/c1-5-6-11-25-22-15-18(10-12-26(22)3)21-13-17(2)16-27(4)23(21)19-8-7-9-20(24)14-19;2*1-2/h7-10,12-15,22,25H,5-6,11,16H2,1-4H3;2*1-2H3. The van der Waals surface area contributed by atoms with Crippen molar-refractivity contribution in [3.8, 4) is 0 Å². The van der Waals surface area contributed by atoms with Gasteiger partial charge in [-0.05, 0) is 55.3 Å². The SMILES string of the molecule is CC.CC.CCCCNC1C=C(C2=C(c3cccc(Cl)c3)N(C)CC(C)=C2)C=CN1C. The Morgan fingerprint density at radius 1 is 1.13 bits per heavy atom. The van der Waals surface area contributed by atoms with Crippen LogP contribution < -0.4 is 5.32 Å². The second-order valence-electron chi connectivity index (χ2n) is 7.48. The number of benzene rings is 1. The van der Waals surface area contributed by atoms with Crippen LogP contribution in [0.15, 0.2) is 65.4 Å². The highest BCUT2D eigenvalue weighted by molar-refractivity contribution is 6.30. The van der Waals surface area contributed by atoms with Crippen LogP contribution in [0.5, 0.6) is 0 Å². The molecule has 4 heteroatoms. The maximum Gasteiger partial charge on any atom is 0.0987 e. The molecule has 3 nitrogen and oxygen atoms in total. The fourth-order valence-electron chi connectivity index (χ4n) is 3.69. The molecule has 31 heavy (non-hydrogen) atoms. The Labute approximate surface area is 196 Å². The Bertz CT molecular complexity index is 804. The molecule has 172 valence electrons. The summed E-state index contributed by atoms with van der Waals surface area (Å²) in [5.74, 6) is 0. The van der Waals surface area contributed by atoms with Gasteiger partial charge in [0.05, 0.1) is 11.9 Å². The van der Waals surface area contributed by atoms with Gasteiger partial charge in [-0.2, -0.15) is 0 Å². The van der Waals surface area contributed by atoms with E-state index >= 15 is 0 Å². The quantitative estimate of drug-likeness (QED) is 0.473. The fraction of sp³-hybridized carbons (Fsp3) is 0.481. The minimum Gasteiger partial charge on any atom is -0.370 e. The third kappa shape index (κ3) is 7.59. The second-order valence-corrected chi connectivity index (χ2v) is 7.91. The fourth-order valence-corrected chi connectivity index (χ4v) is 3.88. The number of hydrogen-bond acceptors (Lipinski definition) is 3. The average molecular weight is 444 g/mol. The Kier molecular flexibility index (Phi) is 12.4. The molecule has 0 aliphatic carbocycles. The molecule has 1 aromatic carbocycles. The predicted octanol–water partition coefficient (Wildman–Crippen LogP) is 7.10. The van der Waals surface area contributed by atoms with Crippen LogP contribution in [0, 0.1) is 0 Å². The van der Waals surface area contributed by atoms with Gasteiger partial charge in [-0.1, -0.05) is 76.4 Å². The molecule has 0 radical (unpaired) electrons. The van der Waals surface area contributed by atoms with Crippen LogP contribution in [0.1, 0.15) is 59.9 Å². The summed E-state index contributed by atoms with van der Waals surface area (Å²) in [6.07, 6.45) is 11.6. The van der Waals surface area contributed by atoms with E-state index in [0.29, 0.717) is 0 Å². The number of likely N-dealkylation sites (N-methyl/N-ethyl adjacent to an activating group) is 2. The summed E-state index contributed by atoms with van der Waals surface area (Å²) in [5, 5.41) is 4.42. The Morgan fingerprint density at radius 3 is 2.48 bits per heavy atom. The first kappa shape index (κ1) is 27.1. The number of nitrogens with zero attached hydrogens (tertiary/aromatic N) is 2. The van der Waals surface area contributed by atoms with Crippen LogP contribution >= 0.6 is 11.6 Å². The van der Waals surface area contributed by atoms with E-state index in [1.54, 1.807) is 0 Å². The molecule has 0 saturated carbocycles. The molecule has 0 bridgehead atoms. The zero-order valence-corrected chi connectivity index (χ0v) is 21.6. The molecule has 0 amide bonds. The van der Waals surface area contributed by atoms with Crippen molar-refractivity contribution in [2.24, 2.45) is 0 Å². The minimum atomic E-state index is 0.214. The number of rotatable bonds is 6. The van der Waals surface area contributed by atoms with Crippen molar-refractivity contribution in [1.29, 1.82) is 0 Å². The first-order chi connectivity index (χ1) is 15.0. The summed E-state index contributed by atoms with van der Waals surface area (Å²) in [7, 11) is 4.27. The number of allylic oxidation sites excluding steroid dienone is 4.